The number of aromatic nitrogens is 1. The summed E-state index contributed by atoms with van der Waals surface area (Å²) in [6, 6.07) is 0. The molecule has 0 bridgehead atoms. The zero-order valence-electron chi connectivity index (χ0n) is 9.21. The molecule has 0 aromatic heterocycles. The van der Waals surface area contributed by atoms with Gasteiger partial charge < -0.3 is 10.3 Å². The minimum absolute atomic E-state index is 0.0161. The molecule has 0 aromatic rings. The molecular formula is C7H6N2O2S2. The molecule has 68 valence electrons. The van der Waals surface area contributed by atoms with E-state index in [-0.39, 0.29) is 5.69 Å². The summed E-state index contributed by atoms with van der Waals surface area (Å²) in [7, 11) is 2.70. The highest BCUT2D eigenvalue weighted by molar-refractivity contribution is 7.70. The van der Waals surface area contributed by atoms with Crippen LogP contribution in [0.15, 0.2) is 10.2 Å². The van der Waals surface area contributed by atoms with E-state index >= 15 is 0 Å². The molecule has 0 unspecified atom stereocenters. The summed E-state index contributed by atoms with van der Waals surface area (Å²) in [5.41, 5.74) is 0.148. The van der Waals surface area contributed by atoms with Crippen molar-refractivity contribution in [3.63, 3.8) is 0 Å². The van der Waals surface area contributed by atoms with Gasteiger partial charge in [-0.25, -0.2) is 0 Å². The van der Waals surface area contributed by atoms with Gasteiger partial charge in [0.15, 0.2) is 0 Å². The van der Waals surface area contributed by atoms with Gasteiger partial charge >= 0.3 is 0 Å². The molecule has 2 aliphatic rings. The fourth-order valence-electron chi connectivity index (χ4n) is 0.996. The summed E-state index contributed by atoms with van der Waals surface area (Å²) in [4.78, 5) is 25.8. The third-order valence-electron chi connectivity index (χ3n) is 1.48. The van der Waals surface area contributed by atoms with Crippen LogP contribution >= 0.6 is 20.7 Å². The molecule has 0 atom stereocenters. The Balaban J connectivity index is 2.35. The maximum absolute atomic E-state index is 11.4. The molecule has 1 amide bonds. The van der Waals surface area contributed by atoms with Crippen molar-refractivity contribution in [1.29, 1.82) is 0 Å². The molecule has 2 heterocycles. The fourth-order valence-corrected chi connectivity index (χ4v) is 3.16. The number of anilines is 1. The lowest BCUT2D eigenvalue weighted by Gasteiger charge is -1.95. The SMILES string of the molecule is [2H]C([2H])([2H])C(=O)Nc1c2sscc-2[nH]c1=O. The molecule has 0 saturated heterocycles. The molecule has 0 aromatic carbocycles. The van der Waals surface area contributed by atoms with Crippen molar-refractivity contribution >= 4 is 32.3 Å². The fraction of sp³-hybridized carbons (Fsp3) is 0.143. The van der Waals surface area contributed by atoms with E-state index in [4.69, 9.17) is 4.11 Å². The zero-order chi connectivity index (χ0) is 11.9. The molecule has 2 N–H and O–H groups in total. The lowest BCUT2D eigenvalue weighted by atomic mass is 10.4. The average molecular weight is 217 g/mol. The van der Waals surface area contributed by atoms with Crippen LogP contribution in [0.5, 0.6) is 0 Å². The molecule has 0 aliphatic carbocycles. The number of hydrogen-bond donors (Lipinski definition) is 2. The Bertz CT molecular complexity index is 553. The van der Waals surface area contributed by atoms with Gasteiger partial charge in [0.2, 0.25) is 5.91 Å². The number of hydrogen-bond acceptors (Lipinski definition) is 4. The van der Waals surface area contributed by atoms with Gasteiger partial charge in [0, 0.05) is 16.3 Å². The molecule has 0 fully saturated rings. The van der Waals surface area contributed by atoms with Crippen LogP contribution < -0.4 is 10.9 Å². The first kappa shape index (κ1) is 5.56. The van der Waals surface area contributed by atoms with Gasteiger partial charge in [-0.2, -0.15) is 0 Å². The number of rotatable bonds is 1. The Morgan fingerprint density at radius 3 is 3.38 bits per heavy atom. The topological polar surface area (TPSA) is 62.0 Å². The van der Waals surface area contributed by atoms with E-state index in [0.29, 0.717) is 10.6 Å². The Kier molecular flexibility index (Phi) is 1.27. The minimum atomic E-state index is -2.75. The standard InChI is InChI=1S/C7H6N2O2S2/c1-3(10)8-5-6-4(2-12-13-6)9-7(5)11/h2H,1H3,(H,8,10)(H,9,11)/i1D3. The van der Waals surface area contributed by atoms with E-state index in [1.807, 2.05) is 0 Å². The van der Waals surface area contributed by atoms with Gasteiger partial charge in [0.25, 0.3) is 5.56 Å². The molecular weight excluding hydrogens is 208 g/mol. The van der Waals surface area contributed by atoms with Crippen LogP contribution in [0.1, 0.15) is 11.0 Å². The number of carbonyl (C=O) groups is 1. The first-order valence-corrected chi connectivity index (χ1v) is 5.52. The normalized spacial score (nSPS) is 14.9. The molecule has 4 nitrogen and oxygen atoms in total. The van der Waals surface area contributed by atoms with Crippen LogP contribution in [0.2, 0.25) is 0 Å². The Labute approximate surface area is 85.2 Å². The number of nitrogens with one attached hydrogen (secondary N) is 2. The van der Waals surface area contributed by atoms with Gasteiger partial charge in [-0.1, -0.05) is 20.7 Å². The van der Waals surface area contributed by atoms with Crippen molar-refractivity contribution in [1.82, 2.24) is 4.98 Å². The molecule has 2 rings (SSSR count). The smallest absolute Gasteiger partial charge is 0.273 e. The van der Waals surface area contributed by atoms with Crippen molar-refractivity contribution in [2.75, 3.05) is 5.32 Å². The lowest BCUT2D eigenvalue weighted by Crippen LogP contribution is -2.13. The molecule has 13 heavy (non-hydrogen) atoms. The number of amides is 1. The molecule has 0 spiro atoms. The van der Waals surface area contributed by atoms with Crippen molar-refractivity contribution in [3.8, 4) is 10.6 Å². The third kappa shape index (κ3) is 1.38. The van der Waals surface area contributed by atoms with Gasteiger partial charge in [0.1, 0.15) is 5.69 Å². The lowest BCUT2D eigenvalue weighted by molar-refractivity contribution is -0.114. The predicted octanol–water partition coefficient (Wildman–Crippen LogP) is 1.56. The summed E-state index contributed by atoms with van der Waals surface area (Å²) < 4.78 is 20.7. The highest BCUT2D eigenvalue weighted by Crippen LogP contribution is 2.35. The summed E-state index contributed by atoms with van der Waals surface area (Å²) in [6.07, 6.45) is 0. The van der Waals surface area contributed by atoms with Gasteiger partial charge in [-0.15, -0.1) is 0 Å². The molecule has 0 radical (unpaired) electrons. The highest BCUT2D eigenvalue weighted by atomic mass is 32.9. The summed E-state index contributed by atoms with van der Waals surface area (Å²) in [6.45, 7) is -2.75. The van der Waals surface area contributed by atoms with E-state index in [2.05, 4.69) is 10.3 Å². The van der Waals surface area contributed by atoms with Crippen LogP contribution in [0.3, 0.4) is 0 Å². The summed E-state index contributed by atoms with van der Waals surface area (Å²) in [5.74, 6) is -1.15. The Hall–Kier alpha value is -1.14. The van der Waals surface area contributed by atoms with Crippen LogP contribution in [0, 0.1) is 0 Å². The van der Waals surface area contributed by atoms with Gasteiger partial charge in [-0.05, 0) is 0 Å². The van der Waals surface area contributed by atoms with Crippen LogP contribution in [-0.4, -0.2) is 10.9 Å². The van der Waals surface area contributed by atoms with E-state index in [1.54, 1.807) is 5.38 Å². The van der Waals surface area contributed by atoms with Gasteiger partial charge in [0.05, 0.1) is 10.6 Å². The monoisotopic (exact) mass is 217 g/mol. The van der Waals surface area contributed by atoms with Gasteiger partial charge in [-0.3, -0.25) is 9.59 Å². The second-order valence-electron chi connectivity index (χ2n) is 2.32. The number of carbonyl (C=O) groups excluding carboxylic acids is 1. The first-order chi connectivity index (χ1) is 7.39. The average Bonchev–Trinajstić information content (AvgIpc) is 2.68. The first-order valence-electron chi connectivity index (χ1n) is 4.80. The number of H-pyrrole nitrogens is 1. The second kappa shape index (κ2) is 2.97. The molecule has 2 aliphatic heterocycles. The van der Waals surface area contributed by atoms with E-state index < -0.39 is 18.3 Å². The molecule has 6 heteroatoms. The number of aromatic amines is 1. The van der Waals surface area contributed by atoms with E-state index in [1.165, 1.54) is 20.7 Å². The van der Waals surface area contributed by atoms with Crippen molar-refractivity contribution < 1.29 is 8.91 Å². The minimum Gasteiger partial charge on any atom is -0.320 e. The quantitative estimate of drug-likeness (QED) is 0.712. The largest absolute Gasteiger partial charge is 0.320 e. The summed E-state index contributed by atoms with van der Waals surface area (Å²) in [5, 5.41) is 3.86. The highest BCUT2D eigenvalue weighted by Gasteiger charge is 2.17. The second-order valence-corrected chi connectivity index (χ2v) is 4.40. The Morgan fingerprint density at radius 2 is 2.62 bits per heavy atom. The van der Waals surface area contributed by atoms with Crippen LogP contribution in [0.4, 0.5) is 5.69 Å². The molecule has 0 saturated carbocycles. The van der Waals surface area contributed by atoms with E-state index in [9.17, 15) is 9.59 Å². The van der Waals surface area contributed by atoms with Crippen molar-refractivity contribution in [2.45, 2.75) is 6.85 Å². The van der Waals surface area contributed by atoms with Crippen molar-refractivity contribution in [2.24, 2.45) is 0 Å². The predicted molar refractivity (Wildman–Crippen MR) is 53.7 cm³/mol. The van der Waals surface area contributed by atoms with E-state index in [0.717, 1.165) is 0 Å². The Morgan fingerprint density at radius 1 is 1.77 bits per heavy atom. The maximum atomic E-state index is 11.4. The zero-order valence-corrected chi connectivity index (χ0v) is 7.84. The van der Waals surface area contributed by atoms with Crippen LogP contribution in [-0.2, 0) is 4.79 Å². The number of fused-ring (bicyclic) bond motifs is 1. The van der Waals surface area contributed by atoms with Crippen molar-refractivity contribution in [3.05, 3.63) is 15.7 Å². The third-order valence-corrected chi connectivity index (χ3v) is 3.58. The summed E-state index contributed by atoms with van der Waals surface area (Å²) >= 11 is 0. The van der Waals surface area contributed by atoms with Crippen LogP contribution in [0.25, 0.3) is 10.6 Å². The maximum Gasteiger partial charge on any atom is 0.273 e.